The molecule has 5 heteroatoms. The molecule has 1 N–H and O–H groups in total. The second kappa shape index (κ2) is 7.17. The normalized spacial score (nSPS) is 15.8. The zero-order chi connectivity index (χ0) is 20.7. The maximum atomic E-state index is 13.0. The number of nitrogens with one attached hydrogen (secondary N) is 1. The highest BCUT2D eigenvalue weighted by Gasteiger charge is 2.51. The van der Waals surface area contributed by atoms with Crippen molar-refractivity contribution in [3.8, 4) is 22.6 Å². The number of rotatable bonds is 5. The van der Waals surface area contributed by atoms with Gasteiger partial charge in [-0.3, -0.25) is 4.79 Å². The fourth-order valence-electron chi connectivity index (χ4n) is 3.92. The summed E-state index contributed by atoms with van der Waals surface area (Å²) in [5.74, 6) is 2.45. The molecule has 0 unspecified atom stereocenters. The second-order valence-corrected chi connectivity index (χ2v) is 8.32. The molecule has 2 aromatic carbocycles. The summed E-state index contributed by atoms with van der Waals surface area (Å²) in [4.78, 5) is 17.5. The van der Waals surface area contributed by atoms with E-state index < -0.39 is 5.41 Å². The summed E-state index contributed by atoms with van der Waals surface area (Å²) < 4.78 is 10.8. The molecule has 5 rings (SSSR count). The van der Waals surface area contributed by atoms with Crippen LogP contribution in [0.5, 0.6) is 11.5 Å². The predicted octanol–water partition coefficient (Wildman–Crippen LogP) is 5.52. The molecular formula is C25H26N2O3. The van der Waals surface area contributed by atoms with E-state index in [9.17, 15) is 4.79 Å². The summed E-state index contributed by atoms with van der Waals surface area (Å²) in [5, 5.41) is 3.00. The number of fused-ring (bicyclic) bond motifs is 1. The summed E-state index contributed by atoms with van der Waals surface area (Å²) in [5.41, 5.74) is 3.92. The van der Waals surface area contributed by atoms with Gasteiger partial charge >= 0.3 is 0 Å². The Bertz CT molecular complexity index is 1110. The number of hydrogen-bond acceptors (Lipinski definition) is 4. The summed E-state index contributed by atoms with van der Waals surface area (Å²) in [7, 11) is 0. The lowest BCUT2D eigenvalue weighted by Crippen LogP contribution is -2.28. The Morgan fingerprint density at radius 2 is 1.87 bits per heavy atom. The smallest absolute Gasteiger partial charge is 0.236 e. The molecular weight excluding hydrogens is 376 g/mol. The van der Waals surface area contributed by atoms with Crippen LogP contribution in [-0.4, -0.2) is 17.7 Å². The molecule has 1 amide bonds. The van der Waals surface area contributed by atoms with Crippen LogP contribution in [0.4, 0.5) is 5.82 Å². The third-order valence-corrected chi connectivity index (χ3v) is 6.00. The first-order valence-electron chi connectivity index (χ1n) is 10.3. The number of anilines is 1. The highest BCUT2D eigenvalue weighted by atomic mass is 16.7. The average molecular weight is 402 g/mol. The highest BCUT2D eigenvalue weighted by Crippen LogP contribution is 2.51. The molecule has 0 atom stereocenters. The number of hydrogen-bond donors (Lipinski definition) is 1. The van der Waals surface area contributed by atoms with E-state index >= 15 is 0 Å². The van der Waals surface area contributed by atoms with Gasteiger partial charge in [-0.25, -0.2) is 4.98 Å². The molecule has 5 nitrogen and oxygen atoms in total. The van der Waals surface area contributed by atoms with Gasteiger partial charge in [-0.15, -0.1) is 0 Å². The van der Waals surface area contributed by atoms with E-state index in [0.29, 0.717) is 17.5 Å². The Labute approximate surface area is 177 Å². The van der Waals surface area contributed by atoms with Crippen molar-refractivity contribution in [2.24, 2.45) is 0 Å². The molecule has 2 heterocycles. The molecule has 1 fully saturated rings. The van der Waals surface area contributed by atoms with Crippen molar-refractivity contribution >= 4 is 11.7 Å². The minimum atomic E-state index is -0.507. The van der Waals surface area contributed by atoms with E-state index in [4.69, 9.17) is 9.47 Å². The topological polar surface area (TPSA) is 60.5 Å². The molecule has 2 aliphatic rings. The molecule has 30 heavy (non-hydrogen) atoms. The van der Waals surface area contributed by atoms with E-state index in [0.717, 1.165) is 35.3 Å². The van der Waals surface area contributed by atoms with Crippen molar-refractivity contribution in [1.82, 2.24) is 4.98 Å². The number of amides is 1. The second-order valence-electron chi connectivity index (χ2n) is 8.32. The van der Waals surface area contributed by atoms with Crippen LogP contribution < -0.4 is 14.8 Å². The van der Waals surface area contributed by atoms with E-state index in [1.165, 1.54) is 5.56 Å². The maximum absolute atomic E-state index is 13.0. The monoisotopic (exact) mass is 402 g/mol. The van der Waals surface area contributed by atoms with E-state index in [1.54, 1.807) is 0 Å². The van der Waals surface area contributed by atoms with Gasteiger partial charge in [-0.2, -0.15) is 0 Å². The molecule has 1 saturated carbocycles. The maximum Gasteiger partial charge on any atom is 0.236 e. The standard InChI is InChI=1S/C25H24N2O3.H2/c1-16(2)17-4-3-5-18(12-17)19-6-9-23(26-14-19)27-24(28)25(10-11-25)20-7-8-21-22(13-20)30-15-29-21;/h3-9,12-14,16H,10-11,15H2,1-2H3,(H,26,27,28);1H. The van der Waals surface area contributed by atoms with Crippen LogP contribution in [0, 0.1) is 0 Å². The summed E-state index contributed by atoms with van der Waals surface area (Å²) in [6.45, 7) is 4.60. The van der Waals surface area contributed by atoms with Crippen LogP contribution in [0.25, 0.3) is 11.1 Å². The SMILES string of the molecule is CC(C)c1cccc(-c2ccc(NC(=O)C3(c4ccc5c(c4)OCO5)CC3)nc2)c1.[HH]. The lowest BCUT2D eigenvalue weighted by atomic mass is 9.94. The number of carbonyl (C=O) groups is 1. The Kier molecular flexibility index (Phi) is 4.46. The Balaban J connectivity index is 0.00000231. The fraction of sp³-hybridized carbons (Fsp3) is 0.280. The van der Waals surface area contributed by atoms with Crippen molar-refractivity contribution in [3.05, 3.63) is 71.9 Å². The Morgan fingerprint density at radius 3 is 2.60 bits per heavy atom. The van der Waals surface area contributed by atoms with Crippen LogP contribution in [0.3, 0.4) is 0 Å². The van der Waals surface area contributed by atoms with Gasteiger partial charge in [0.15, 0.2) is 11.5 Å². The van der Waals surface area contributed by atoms with Crippen molar-refractivity contribution in [1.29, 1.82) is 0 Å². The first-order chi connectivity index (χ1) is 14.5. The molecule has 0 bridgehead atoms. The van der Waals surface area contributed by atoms with E-state index in [-0.39, 0.29) is 14.1 Å². The summed E-state index contributed by atoms with van der Waals surface area (Å²) in [6, 6.07) is 18.1. The molecule has 1 aliphatic carbocycles. The van der Waals surface area contributed by atoms with Crippen LogP contribution in [0.1, 0.15) is 45.2 Å². The van der Waals surface area contributed by atoms with Gasteiger partial charge in [0.1, 0.15) is 5.82 Å². The number of aromatic nitrogens is 1. The van der Waals surface area contributed by atoms with Gasteiger partial charge in [0, 0.05) is 13.2 Å². The number of nitrogens with zero attached hydrogens (tertiary/aromatic N) is 1. The third-order valence-electron chi connectivity index (χ3n) is 6.00. The van der Waals surface area contributed by atoms with Gasteiger partial charge in [-0.1, -0.05) is 44.2 Å². The van der Waals surface area contributed by atoms with Crippen LogP contribution in [0.15, 0.2) is 60.8 Å². The number of ether oxygens (including phenoxy) is 2. The van der Waals surface area contributed by atoms with Crippen LogP contribution in [0.2, 0.25) is 0 Å². The van der Waals surface area contributed by atoms with Gasteiger partial charge in [-0.05, 0) is 59.7 Å². The number of benzene rings is 2. The minimum absolute atomic E-state index is 0. The zero-order valence-corrected chi connectivity index (χ0v) is 17.1. The van der Waals surface area contributed by atoms with Gasteiger partial charge in [0.05, 0.1) is 5.41 Å². The van der Waals surface area contributed by atoms with Crippen molar-refractivity contribution in [2.45, 2.75) is 38.0 Å². The Morgan fingerprint density at radius 1 is 1.03 bits per heavy atom. The van der Waals surface area contributed by atoms with Crippen molar-refractivity contribution in [3.63, 3.8) is 0 Å². The summed E-state index contributed by atoms with van der Waals surface area (Å²) in [6.07, 6.45) is 3.45. The lowest BCUT2D eigenvalue weighted by Gasteiger charge is -2.16. The average Bonchev–Trinajstić information content (AvgIpc) is 3.45. The largest absolute Gasteiger partial charge is 0.454 e. The van der Waals surface area contributed by atoms with Crippen molar-refractivity contribution in [2.75, 3.05) is 12.1 Å². The molecule has 0 saturated heterocycles. The molecule has 0 spiro atoms. The predicted molar refractivity (Wildman–Crippen MR) is 118 cm³/mol. The fourth-order valence-corrected chi connectivity index (χ4v) is 3.92. The van der Waals surface area contributed by atoms with Gasteiger partial charge < -0.3 is 14.8 Å². The quantitative estimate of drug-likeness (QED) is 0.611. The highest BCUT2D eigenvalue weighted by molar-refractivity contribution is 6.01. The zero-order valence-electron chi connectivity index (χ0n) is 17.1. The van der Waals surface area contributed by atoms with Gasteiger partial charge in [0.25, 0.3) is 0 Å². The van der Waals surface area contributed by atoms with Crippen molar-refractivity contribution < 1.29 is 15.7 Å². The molecule has 1 aliphatic heterocycles. The van der Waals surface area contributed by atoms with Crippen LogP contribution >= 0.6 is 0 Å². The van der Waals surface area contributed by atoms with E-state index in [2.05, 4.69) is 48.4 Å². The minimum Gasteiger partial charge on any atom is -0.454 e. The van der Waals surface area contributed by atoms with Crippen LogP contribution in [-0.2, 0) is 10.2 Å². The Hall–Kier alpha value is -3.34. The molecule has 1 aromatic heterocycles. The third kappa shape index (κ3) is 3.30. The molecule has 3 aromatic rings. The molecule has 0 radical (unpaired) electrons. The first kappa shape index (κ1) is 18.7. The first-order valence-corrected chi connectivity index (χ1v) is 10.3. The lowest BCUT2D eigenvalue weighted by molar-refractivity contribution is -0.118. The van der Waals surface area contributed by atoms with Gasteiger partial charge in [0.2, 0.25) is 12.7 Å². The number of pyridine rings is 1. The number of carbonyl (C=O) groups excluding carboxylic acids is 1. The van der Waals surface area contributed by atoms with E-state index in [1.807, 2.05) is 36.5 Å². The summed E-state index contributed by atoms with van der Waals surface area (Å²) >= 11 is 0. The molecule has 154 valence electrons.